The molecule has 0 saturated carbocycles. The van der Waals surface area contributed by atoms with E-state index in [2.05, 4.69) is 15.0 Å². The fourth-order valence-corrected chi connectivity index (χ4v) is 1.44. The van der Waals surface area contributed by atoms with Crippen LogP contribution in [0.1, 0.15) is 11.4 Å². The largest absolute Gasteiger partial charge is 0.496 e. The summed E-state index contributed by atoms with van der Waals surface area (Å²) in [6.07, 6.45) is 5.04. The topological polar surface area (TPSA) is 47.4 Å². The zero-order valence-corrected chi connectivity index (χ0v) is 9.58. The second-order valence-electron chi connectivity index (χ2n) is 3.39. The van der Waals surface area contributed by atoms with Crippen molar-refractivity contribution in [2.45, 2.75) is 6.54 Å². The van der Waals surface area contributed by atoms with E-state index in [1.165, 1.54) is 0 Å². The second-order valence-corrected chi connectivity index (χ2v) is 3.39. The second kappa shape index (κ2) is 5.75. The van der Waals surface area contributed by atoms with Gasteiger partial charge in [0.05, 0.1) is 19.9 Å². The molecule has 0 saturated heterocycles. The summed E-state index contributed by atoms with van der Waals surface area (Å²) in [7, 11) is 1.66. The number of nitrogens with zero attached hydrogens (tertiary/aromatic N) is 3. The Morgan fingerprint density at radius 3 is 2.71 bits per heavy atom. The first-order valence-corrected chi connectivity index (χ1v) is 5.29. The first kappa shape index (κ1) is 11.3. The van der Waals surface area contributed by atoms with Gasteiger partial charge in [-0.15, -0.1) is 0 Å². The van der Waals surface area contributed by atoms with Crippen molar-refractivity contribution in [2.75, 3.05) is 7.11 Å². The van der Waals surface area contributed by atoms with E-state index < -0.39 is 0 Å². The highest BCUT2D eigenvalue weighted by atomic mass is 16.5. The van der Waals surface area contributed by atoms with Crippen LogP contribution in [0.4, 0.5) is 0 Å². The summed E-state index contributed by atoms with van der Waals surface area (Å²) in [5.41, 5.74) is 1.04. The molecule has 0 unspecified atom stereocenters. The summed E-state index contributed by atoms with van der Waals surface area (Å²) in [5, 5.41) is 0. The maximum Gasteiger partial charge on any atom is 0.170 e. The van der Waals surface area contributed by atoms with Gasteiger partial charge < -0.3 is 4.74 Å². The number of rotatable bonds is 4. The van der Waals surface area contributed by atoms with E-state index in [0.29, 0.717) is 12.4 Å². The summed E-state index contributed by atoms with van der Waals surface area (Å²) in [5.74, 6) is 1.46. The third-order valence-electron chi connectivity index (χ3n) is 2.25. The van der Waals surface area contributed by atoms with Crippen LogP contribution in [0.3, 0.4) is 0 Å². The molecule has 0 bridgehead atoms. The van der Waals surface area contributed by atoms with Gasteiger partial charge in [0, 0.05) is 18.0 Å². The standard InChI is InChI=1S/C13H13N3O/c1-17-12-6-3-2-5-11(12)9-14-10-13-15-7-4-8-16-13/h2-8,10H,9H2,1H3. The molecule has 17 heavy (non-hydrogen) atoms. The lowest BCUT2D eigenvalue weighted by molar-refractivity contribution is 0.410. The number of hydrogen-bond donors (Lipinski definition) is 0. The minimum absolute atomic E-state index is 0.558. The summed E-state index contributed by atoms with van der Waals surface area (Å²) in [6, 6.07) is 9.59. The van der Waals surface area contributed by atoms with E-state index in [1.54, 1.807) is 31.8 Å². The first-order valence-electron chi connectivity index (χ1n) is 5.29. The van der Waals surface area contributed by atoms with Crippen LogP contribution in [0.25, 0.3) is 0 Å². The minimum atomic E-state index is 0.558. The van der Waals surface area contributed by atoms with Crippen molar-refractivity contribution in [2.24, 2.45) is 4.99 Å². The van der Waals surface area contributed by atoms with Crippen LogP contribution in [0.5, 0.6) is 5.75 Å². The van der Waals surface area contributed by atoms with Crippen molar-refractivity contribution >= 4 is 6.21 Å². The molecule has 86 valence electrons. The van der Waals surface area contributed by atoms with E-state index in [4.69, 9.17) is 4.74 Å². The molecule has 0 N–H and O–H groups in total. The van der Waals surface area contributed by atoms with Gasteiger partial charge in [-0.3, -0.25) is 4.99 Å². The molecule has 0 aliphatic rings. The highest BCUT2D eigenvalue weighted by Gasteiger charge is 1.99. The summed E-state index contributed by atoms with van der Waals surface area (Å²) in [4.78, 5) is 12.4. The van der Waals surface area contributed by atoms with Gasteiger partial charge in [-0.05, 0) is 12.1 Å². The maximum atomic E-state index is 5.24. The highest BCUT2D eigenvalue weighted by Crippen LogP contribution is 2.17. The molecule has 0 aliphatic carbocycles. The SMILES string of the molecule is COc1ccccc1CN=Cc1ncccn1. The van der Waals surface area contributed by atoms with E-state index >= 15 is 0 Å². The maximum absolute atomic E-state index is 5.24. The van der Waals surface area contributed by atoms with Crippen LogP contribution in [0.2, 0.25) is 0 Å². The van der Waals surface area contributed by atoms with Gasteiger partial charge in [0.15, 0.2) is 5.82 Å². The number of aliphatic imine (C=N–C) groups is 1. The zero-order valence-electron chi connectivity index (χ0n) is 9.58. The smallest absolute Gasteiger partial charge is 0.170 e. The lowest BCUT2D eigenvalue weighted by atomic mass is 10.2. The number of para-hydroxylation sites is 1. The Labute approximate surface area is 100 Å². The number of ether oxygens (including phenoxy) is 1. The summed E-state index contributed by atoms with van der Waals surface area (Å²) < 4.78 is 5.24. The van der Waals surface area contributed by atoms with E-state index in [-0.39, 0.29) is 0 Å². The van der Waals surface area contributed by atoms with Crippen LogP contribution in [-0.2, 0) is 6.54 Å². The van der Waals surface area contributed by atoms with Crippen LogP contribution in [-0.4, -0.2) is 23.3 Å². The number of benzene rings is 1. The Hall–Kier alpha value is -2.23. The van der Waals surface area contributed by atoms with Crippen LogP contribution >= 0.6 is 0 Å². The third kappa shape index (κ3) is 3.11. The van der Waals surface area contributed by atoms with Gasteiger partial charge >= 0.3 is 0 Å². The third-order valence-corrected chi connectivity index (χ3v) is 2.25. The Balaban J connectivity index is 2.05. The molecule has 0 amide bonds. The van der Waals surface area contributed by atoms with Gasteiger partial charge in [0.25, 0.3) is 0 Å². The molecule has 0 spiro atoms. The molecule has 0 atom stereocenters. The lowest BCUT2D eigenvalue weighted by Gasteiger charge is -2.04. The molecule has 0 fully saturated rings. The molecule has 4 heteroatoms. The van der Waals surface area contributed by atoms with Crippen molar-refractivity contribution in [3.05, 3.63) is 54.1 Å². The molecular weight excluding hydrogens is 214 g/mol. The fourth-order valence-electron chi connectivity index (χ4n) is 1.44. The van der Waals surface area contributed by atoms with Crippen LogP contribution < -0.4 is 4.74 Å². The Kier molecular flexibility index (Phi) is 3.81. The van der Waals surface area contributed by atoms with Crippen LogP contribution in [0, 0.1) is 0 Å². The predicted octanol–water partition coefficient (Wildman–Crippen LogP) is 2.10. The molecule has 2 rings (SSSR count). The van der Waals surface area contributed by atoms with Gasteiger partial charge in [-0.2, -0.15) is 0 Å². The minimum Gasteiger partial charge on any atom is -0.496 e. The highest BCUT2D eigenvalue weighted by molar-refractivity contribution is 5.74. The van der Waals surface area contributed by atoms with Gasteiger partial charge in [-0.25, -0.2) is 9.97 Å². The molecule has 0 radical (unpaired) electrons. The number of aromatic nitrogens is 2. The first-order chi connectivity index (χ1) is 8.40. The zero-order chi connectivity index (χ0) is 11.9. The van der Waals surface area contributed by atoms with Gasteiger partial charge in [0.1, 0.15) is 5.75 Å². The molecule has 1 aromatic heterocycles. The quantitative estimate of drug-likeness (QED) is 0.751. The number of hydrogen-bond acceptors (Lipinski definition) is 4. The molecule has 2 aromatic rings. The van der Waals surface area contributed by atoms with Crippen molar-refractivity contribution in [3.8, 4) is 5.75 Å². The normalized spacial score (nSPS) is 10.6. The molecule has 0 aliphatic heterocycles. The van der Waals surface area contributed by atoms with E-state index in [1.807, 2.05) is 24.3 Å². The monoisotopic (exact) mass is 227 g/mol. The average Bonchev–Trinajstić information content (AvgIpc) is 2.40. The summed E-state index contributed by atoms with van der Waals surface area (Å²) in [6.45, 7) is 0.558. The van der Waals surface area contributed by atoms with Crippen LogP contribution in [0.15, 0.2) is 47.7 Å². The Bertz CT molecular complexity index is 497. The Morgan fingerprint density at radius 2 is 1.94 bits per heavy atom. The van der Waals surface area contributed by atoms with E-state index in [0.717, 1.165) is 11.3 Å². The van der Waals surface area contributed by atoms with Crippen molar-refractivity contribution in [1.29, 1.82) is 0 Å². The molecule has 1 heterocycles. The average molecular weight is 227 g/mol. The number of methoxy groups -OCH3 is 1. The fraction of sp³-hybridized carbons (Fsp3) is 0.154. The summed E-state index contributed by atoms with van der Waals surface area (Å²) >= 11 is 0. The van der Waals surface area contributed by atoms with E-state index in [9.17, 15) is 0 Å². The van der Waals surface area contributed by atoms with Crippen molar-refractivity contribution in [3.63, 3.8) is 0 Å². The van der Waals surface area contributed by atoms with Crippen molar-refractivity contribution in [1.82, 2.24) is 9.97 Å². The van der Waals surface area contributed by atoms with Gasteiger partial charge in [0.2, 0.25) is 0 Å². The molecular formula is C13H13N3O. The Morgan fingerprint density at radius 1 is 1.18 bits per heavy atom. The van der Waals surface area contributed by atoms with Crippen molar-refractivity contribution < 1.29 is 4.74 Å². The van der Waals surface area contributed by atoms with Gasteiger partial charge in [-0.1, -0.05) is 18.2 Å². The molecule has 4 nitrogen and oxygen atoms in total. The lowest BCUT2D eigenvalue weighted by Crippen LogP contribution is -1.93. The molecule has 1 aromatic carbocycles. The predicted molar refractivity (Wildman–Crippen MR) is 66.3 cm³/mol.